The number of nitrogens with two attached hydrogens (primary N) is 1. The summed E-state index contributed by atoms with van der Waals surface area (Å²) >= 11 is 1.56. The maximum absolute atomic E-state index is 11.1. The molecule has 0 atom stereocenters. The van der Waals surface area contributed by atoms with E-state index in [0.717, 1.165) is 28.6 Å². The highest BCUT2D eigenvalue weighted by Crippen LogP contribution is 2.16. The Morgan fingerprint density at radius 3 is 2.32 bits per heavy atom. The van der Waals surface area contributed by atoms with Crippen molar-refractivity contribution in [1.82, 2.24) is 0 Å². The number of carbonyl (C=O) groups is 1. The Balaban J connectivity index is 2.61. The zero-order valence-electron chi connectivity index (χ0n) is 13.6. The Bertz CT molecular complexity index is 535. The van der Waals surface area contributed by atoms with Gasteiger partial charge in [0, 0.05) is 24.7 Å². The van der Waals surface area contributed by atoms with E-state index in [4.69, 9.17) is 5.73 Å². The number of hydrogen-bond donors (Lipinski definition) is 1. The van der Waals surface area contributed by atoms with E-state index < -0.39 is 5.91 Å². The minimum Gasteiger partial charge on any atom is -0.366 e. The molecule has 22 heavy (non-hydrogen) atoms. The number of thioether (sulfide) groups is 1. The van der Waals surface area contributed by atoms with Crippen LogP contribution >= 0.6 is 11.8 Å². The van der Waals surface area contributed by atoms with Gasteiger partial charge in [-0.1, -0.05) is 50.1 Å². The lowest BCUT2D eigenvalue weighted by molar-refractivity contribution is 0.100. The van der Waals surface area contributed by atoms with Gasteiger partial charge in [0.25, 0.3) is 0 Å². The second-order valence-corrected chi connectivity index (χ2v) is 6.22. The van der Waals surface area contributed by atoms with Crippen LogP contribution in [0.4, 0.5) is 0 Å². The van der Waals surface area contributed by atoms with Gasteiger partial charge in [0.05, 0.1) is 5.04 Å². The summed E-state index contributed by atoms with van der Waals surface area (Å²) < 4.78 is 0. The fourth-order valence-electron chi connectivity index (χ4n) is 1.96. The summed E-state index contributed by atoms with van der Waals surface area (Å²) in [7, 11) is 1.76. The molecule has 0 bridgehead atoms. The highest BCUT2D eigenvalue weighted by molar-refractivity contribution is 8.27. The number of primary amides is 1. The molecule has 0 aliphatic heterocycles. The predicted molar refractivity (Wildman–Crippen MR) is 97.1 cm³/mol. The molecule has 1 amide bonds. The van der Waals surface area contributed by atoms with Gasteiger partial charge >= 0.3 is 0 Å². The fraction of sp³-hybridized carbons (Fsp3) is 0.471. The topological polar surface area (TPSA) is 67.8 Å². The molecule has 0 aliphatic carbocycles. The van der Waals surface area contributed by atoms with Crippen molar-refractivity contribution in [2.75, 3.05) is 13.6 Å². The molecule has 1 aromatic rings. The van der Waals surface area contributed by atoms with Crippen LogP contribution in [-0.4, -0.2) is 29.6 Å². The Hall–Kier alpha value is -1.62. The van der Waals surface area contributed by atoms with E-state index in [2.05, 4.69) is 16.9 Å². The van der Waals surface area contributed by atoms with Gasteiger partial charge in [-0.3, -0.25) is 14.8 Å². The van der Waals surface area contributed by atoms with Crippen LogP contribution in [0.25, 0.3) is 0 Å². The summed E-state index contributed by atoms with van der Waals surface area (Å²) in [6.07, 6.45) is 4.89. The van der Waals surface area contributed by atoms with Crippen LogP contribution in [0.5, 0.6) is 0 Å². The summed E-state index contributed by atoms with van der Waals surface area (Å²) in [6, 6.07) is 7.18. The Kier molecular flexibility index (Phi) is 8.51. The molecule has 0 unspecified atom stereocenters. The van der Waals surface area contributed by atoms with Crippen molar-refractivity contribution in [2.45, 2.75) is 39.5 Å². The molecule has 0 spiro atoms. The molecular weight excluding hydrogens is 294 g/mol. The van der Waals surface area contributed by atoms with E-state index in [1.54, 1.807) is 30.9 Å². The van der Waals surface area contributed by atoms with Crippen molar-refractivity contribution in [3.05, 3.63) is 35.4 Å². The minimum atomic E-state index is -0.418. The lowest BCUT2D eigenvalue weighted by Crippen LogP contribution is -2.11. The second kappa shape index (κ2) is 10.2. The molecule has 0 fully saturated rings. The molecule has 2 N–H and O–H groups in total. The number of amides is 1. The Morgan fingerprint density at radius 2 is 1.77 bits per heavy atom. The van der Waals surface area contributed by atoms with Gasteiger partial charge in [-0.2, -0.15) is 0 Å². The molecule has 0 heterocycles. The largest absolute Gasteiger partial charge is 0.366 e. The van der Waals surface area contributed by atoms with Gasteiger partial charge in [-0.05, 0) is 25.5 Å². The summed E-state index contributed by atoms with van der Waals surface area (Å²) in [4.78, 5) is 20.0. The molecule has 5 heteroatoms. The van der Waals surface area contributed by atoms with Gasteiger partial charge in [0.2, 0.25) is 5.91 Å². The van der Waals surface area contributed by atoms with Crippen LogP contribution < -0.4 is 5.73 Å². The summed E-state index contributed by atoms with van der Waals surface area (Å²) in [5.41, 5.74) is 6.72. The molecule has 0 aromatic heterocycles. The highest BCUT2D eigenvalue weighted by atomic mass is 32.2. The number of hydrogen-bond acceptors (Lipinski definition) is 4. The molecule has 0 saturated heterocycles. The smallest absolute Gasteiger partial charge is 0.248 e. The van der Waals surface area contributed by atoms with E-state index >= 15 is 0 Å². The zero-order chi connectivity index (χ0) is 16.4. The average Bonchev–Trinajstić information content (AvgIpc) is 2.52. The van der Waals surface area contributed by atoms with Crippen molar-refractivity contribution >= 4 is 27.8 Å². The maximum atomic E-state index is 11.1. The molecule has 0 radical (unpaired) electrons. The minimum absolute atomic E-state index is 0.418. The number of nitrogens with zero attached hydrogens (tertiary/aromatic N) is 2. The van der Waals surface area contributed by atoms with Gasteiger partial charge in [-0.15, -0.1) is 0 Å². The molecule has 1 aromatic carbocycles. The van der Waals surface area contributed by atoms with Crippen molar-refractivity contribution in [1.29, 1.82) is 0 Å². The van der Waals surface area contributed by atoms with Crippen molar-refractivity contribution in [3.63, 3.8) is 0 Å². The molecule has 0 saturated carbocycles. The fourth-order valence-corrected chi connectivity index (χ4v) is 2.74. The van der Waals surface area contributed by atoms with E-state index in [-0.39, 0.29) is 0 Å². The van der Waals surface area contributed by atoms with E-state index in [0.29, 0.717) is 5.56 Å². The number of aliphatic imine (C=N–C) groups is 2. The van der Waals surface area contributed by atoms with Gasteiger partial charge in [-0.25, -0.2) is 0 Å². The first-order valence-corrected chi connectivity index (χ1v) is 8.46. The Labute approximate surface area is 137 Å². The summed E-state index contributed by atoms with van der Waals surface area (Å²) in [5, 5.41) is 1.90. The third kappa shape index (κ3) is 6.43. The third-order valence-electron chi connectivity index (χ3n) is 3.21. The van der Waals surface area contributed by atoms with Crippen LogP contribution in [0.1, 0.15) is 55.5 Å². The van der Waals surface area contributed by atoms with Crippen molar-refractivity contribution < 1.29 is 4.79 Å². The van der Waals surface area contributed by atoms with Gasteiger partial charge < -0.3 is 5.73 Å². The Morgan fingerprint density at radius 1 is 1.14 bits per heavy atom. The third-order valence-corrected chi connectivity index (χ3v) is 4.25. The number of benzene rings is 1. The van der Waals surface area contributed by atoms with E-state index in [1.165, 1.54) is 19.3 Å². The van der Waals surface area contributed by atoms with E-state index in [9.17, 15) is 4.79 Å². The molecule has 4 nitrogen and oxygen atoms in total. The average molecular weight is 319 g/mol. The standard InChI is InChI=1S/C17H25N3OS/c1-4-5-6-7-12-20-13(2)22-17(19-3)15-10-8-14(9-11-15)16(18)21/h8-11H,4-7,12H2,1-3H3,(H2,18,21). The SMILES string of the molecule is CCCCCCN=C(C)SC(=NC)c1ccc(C(N)=O)cc1. The van der Waals surface area contributed by atoms with Crippen LogP contribution in [0.2, 0.25) is 0 Å². The monoisotopic (exact) mass is 319 g/mol. The van der Waals surface area contributed by atoms with Crippen molar-refractivity contribution in [3.8, 4) is 0 Å². The lowest BCUT2D eigenvalue weighted by Gasteiger charge is -2.06. The lowest BCUT2D eigenvalue weighted by atomic mass is 10.1. The van der Waals surface area contributed by atoms with Crippen molar-refractivity contribution in [2.24, 2.45) is 15.7 Å². The molecule has 120 valence electrons. The van der Waals surface area contributed by atoms with Crippen LogP contribution in [0, 0.1) is 0 Å². The molecular formula is C17H25N3OS. The maximum Gasteiger partial charge on any atom is 0.248 e. The van der Waals surface area contributed by atoms with Gasteiger partial charge in [0.1, 0.15) is 5.04 Å². The zero-order valence-corrected chi connectivity index (χ0v) is 14.4. The second-order valence-electron chi connectivity index (χ2n) is 5.03. The highest BCUT2D eigenvalue weighted by Gasteiger charge is 2.07. The summed E-state index contributed by atoms with van der Waals surface area (Å²) in [6.45, 7) is 5.09. The number of carbonyl (C=O) groups excluding carboxylic acids is 1. The van der Waals surface area contributed by atoms with E-state index in [1.807, 2.05) is 19.1 Å². The first-order valence-electron chi connectivity index (χ1n) is 7.64. The number of rotatable bonds is 7. The van der Waals surface area contributed by atoms with Crippen LogP contribution in [0.15, 0.2) is 34.3 Å². The predicted octanol–water partition coefficient (Wildman–Crippen LogP) is 3.89. The first-order chi connectivity index (χ1) is 10.6. The summed E-state index contributed by atoms with van der Waals surface area (Å²) in [5.74, 6) is -0.418. The normalized spacial score (nSPS) is 12.5. The number of unbranched alkanes of at least 4 members (excludes halogenated alkanes) is 3. The van der Waals surface area contributed by atoms with Crippen LogP contribution in [0.3, 0.4) is 0 Å². The van der Waals surface area contributed by atoms with Crippen LogP contribution in [-0.2, 0) is 0 Å². The molecule has 1 rings (SSSR count). The first kappa shape index (κ1) is 18.4. The quantitative estimate of drug-likeness (QED) is 0.470. The molecule has 0 aliphatic rings. The van der Waals surface area contributed by atoms with Gasteiger partial charge in [0.15, 0.2) is 0 Å².